The van der Waals surface area contributed by atoms with Crippen LogP contribution in [0.5, 0.6) is 0 Å². The highest BCUT2D eigenvalue weighted by molar-refractivity contribution is 5.85. The third kappa shape index (κ3) is 5.79. The van der Waals surface area contributed by atoms with Gasteiger partial charge >= 0.3 is 0 Å². The fourth-order valence-corrected chi connectivity index (χ4v) is 14.8. The third-order valence-corrected chi connectivity index (χ3v) is 17.1. The second-order valence-electron chi connectivity index (χ2n) is 20.9. The maximum Gasteiger partial charge on any atom is 0.187 e. The van der Waals surface area contributed by atoms with Crippen molar-refractivity contribution in [2.75, 3.05) is 6.61 Å². The van der Waals surface area contributed by atoms with E-state index in [4.69, 9.17) is 18.9 Å². The summed E-state index contributed by atoms with van der Waals surface area (Å²) in [5.74, 6) is -0.570. The summed E-state index contributed by atoms with van der Waals surface area (Å²) in [6.07, 6.45) is -9.67. The molecule has 5 saturated carbocycles. The molecular weight excluding hydrogens is 700 g/mol. The molecule has 7 fully saturated rings. The number of carbonyl (C=O) groups excluding carboxylic acids is 1. The largest absolute Gasteiger partial charge is 0.393 e. The maximum absolute atomic E-state index is 14.9. The van der Waals surface area contributed by atoms with E-state index in [1.54, 1.807) is 13.8 Å². The van der Waals surface area contributed by atoms with Gasteiger partial charge in [-0.3, -0.25) is 4.79 Å². The molecule has 7 aliphatic rings. The topological polar surface area (TPSA) is 216 Å². The van der Waals surface area contributed by atoms with Gasteiger partial charge in [-0.15, -0.1) is 0 Å². The van der Waals surface area contributed by atoms with Crippen LogP contribution >= 0.6 is 0 Å². The van der Waals surface area contributed by atoms with Crippen molar-refractivity contribution in [1.82, 2.24) is 0 Å². The van der Waals surface area contributed by atoms with Crippen molar-refractivity contribution in [3.63, 3.8) is 0 Å². The van der Waals surface area contributed by atoms with Gasteiger partial charge in [0.05, 0.1) is 36.6 Å². The standard InChI is InChI=1S/C41H68O13/c1-18-28(46)30(48)31(49)34(52-18)54-32-29(47)22(45)17-51-35(32)53-25-12-13-38(6)23-10-11-24-39(7)14-19(42)26(37(4,5)50)27(39)20(43)15-40(24,8)41(23,9)16-21(44)33(38)36(25,2)3/h18-20,22-35,42-43,45-50H,10-17H2,1-9H3/t18-,19-,20-,22+,23+,24+,25-,26+,27-,28-,29-,30+,31+,32+,33-,34-,35-,38+,39+,40+,41+/m0/s1. The lowest BCUT2D eigenvalue weighted by Gasteiger charge is -2.73. The highest BCUT2D eigenvalue weighted by Crippen LogP contribution is 2.77. The summed E-state index contributed by atoms with van der Waals surface area (Å²) in [5.41, 5.74) is -3.43. The summed E-state index contributed by atoms with van der Waals surface area (Å²) in [6, 6.07) is 0. The van der Waals surface area contributed by atoms with Gasteiger partial charge < -0.3 is 59.8 Å². The Hall–Kier alpha value is -0.810. The zero-order valence-corrected chi connectivity index (χ0v) is 33.6. The Bertz CT molecular complexity index is 1440. The predicted octanol–water partition coefficient (Wildman–Crippen LogP) is 1.66. The van der Waals surface area contributed by atoms with Crippen LogP contribution in [0.25, 0.3) is 0 Å². The highest BCUT2D eigenvalue weighted by atomic mass is 16.8. The van der Waals surface area contributed by atoms with Gasteiger partial charge in [-0.25, -0.2) is 0 Å². The number of fused-ring (bicyclic) bond motifs is 7. The normalized spacial score (nSPS) is 57.4. The summed E-state index contributed by atoms with van der Waals surface area (Å²) >= 11 is 0. The molecule has 0 aromatic carbocycles. The first-order valence-electron chi connectivity index (χ1n) is 20.4. The molecule has 8 N–H and O–H groups in total. The molecule has 54 heavy (non-hydrogen) atoms. The fraction of sp³-hybridized carbons (Fsp3) is 0.976. The molecule has 0 bridgehead atoms. The van der Waals surface area contributed by atoms with Crippen molar-refractivity contribution >= 4 is 5.78 Å². The molecule has 0 aromatic heterocycles. The molecule has 0 aromatic rings. The molecule has 0 radical (unpaired) electrons. The van der Waals surface area contributed by atoms with Gasteiger partial charge in [0.1, 0.15) is 42.4 Å². The molecule has 2 heterocycles. The molecule has 13 nitrogen and oxygen atoms in total. The zero-order valence-electron chi connectivity index (χ0n) is 33.6. The van der Waals surface area contributed by atoms with E-state index in [2.05, 4.69) is 41.5 Å². The van der Waals surface area contributed by atoms with Crippen molar-refractivity contribution in [2.24, 2.45) is 56.7 Å². The lowest BCUT2D eigenvalue weighted by atomic mass is 9.31. The van der Waals surface area contributed by atoms with Crippen molar-refractivity contribution in [3.05, 3.63) is 0 Å². The molecule has 0 amide bonds. The molecule has 0 spiro atoms. The third-order valence-electron chi connectivity index (χ3n) is 17.1. The summed E-state index contributed by atoms with van der Waals surface area (Å²) in [4.78, 5) is 14.9. The molecule has 7 rings (SSSR count). The number of hydrogen-bond donors (Lipinski definition) is 8. The summed E-state index contributed by atoms with van der Waals surface area (Å²) in [7, 11) is 0. The van der Waals surface area contributed by atoms with Gasteiger partial charge in [0.2, 0.25) is 0 Å². The SMILES string of the molecule is C[C@@H]1O[C@@H](O[C@H]2[C@H](O[C@H]3CC[C@]4(C)[C@H]5CC[C@@H]6[C@@]7(C)C[C@H](O)[C@@H](C(C)(C)O)[C@@H]7[C@@H](O)C[C@@]6(C)[C@]5(C)CC(=O)[C@H]4C3(C)C)OC[C@@H](O)[C@@H]2O)[C@H](O)[C@H](O)[C@H]1O. The van der Waals surface area contributed by atoms with Crippen LogP contribution in [0.15, 0.2) is 0 Å². The highest BCUT2D eigenvalue weighted by Gasteiger charge is 2.75. The van der Waals surface area contributed by atoms with Crippen molar-refractivity contribution < 1.29 is 64.6 Å². The van der Waals surface area contributed by atoms with Gasteiger partial charge in [-0.05, 0) is 98.7 Å². The molecule has 0 unspecified atom stereocenters. The lowest BCUT2D eigenvalue weighted by Crippen LogP contribution is -2.71. The average Bonchev–Trinajstić information content (AvgIpc) is 3.35. The van der Waals surface area contributed by atoms with Crippen LogP contribution in [0.1, 0.15) is 107 Å². The smallest absolute Gasteiger partial charge is 0.187 e. The van der Waals surface area contributed by atoms with Crippen LogP contribution in [0.4, 0.5) is 0 Å². The van der Waals surface area contributed by atoms with Crippen LogP contribution in [0, 0.1) is 56.7 Å². The van der Waals surface area contributed by atoms with Crippen LogP contribution in [0.2, 0.25) is 0 Å². The second-order valence-corrected chi connectivity index (χ2v) is 20.9. The second kappa shape index (κ2) is 13.4. The van der Waals surface area contributed by atoms with Crippen LogP contribution in [0.3, 0.4) is 0 Å². The number of ether oxygens (including phenoxy) is 4. The number of aliphatic hydroxyl groups is 8. The van der Waals surface area contributed by atoms with E-state index in [1.165, 1.54) is 6.92 Å². The molecular formula is C41H68O13. The first-order valence-corrected chi connectivity index (χ1v) is 20.4. The molecule has 21 atom stereocenters. The predicted molar refractivity (Wildman–Crippen MR) is 193 cm³/mol. The Kier molecular flexibility index (Phi) is 10.2. The minimum Gasteiger partial charge on any atom is -0.393 e. The minimum absolute atomic E-state index is 0.156. The molecule has 13 heteroatoms. The molecule has 5 aliphatic carbocycles. The summed E-state index contributed by atoms with van der Waals surface area (Å²) in [5, 5.41) is 87.5. The van der Waals surface area contributed by atoms with E-state index in [0.29, 0.717) is 32.1 Å². The minimum atomic E-state index is -1.64. The monoisotopic (exact) mass is 768 g/mol. The fourth-order valence-electron chi connectivity index (χ4n) is 14.8. The Morgan fingerprint density at radius 1 is 0.722 bits per heavy atom. The summed E-state index contributed by atoms with van der Waals surface area (Å²) < 4.78 is 24.2. The number of carbonyl (C=O) groups is 1. The first kappa shape index (κ1) is 41.4. The van der Waals surface area contributed by atoms with Crippen molar-refractivity contribution in [3.8, 4) is 0 Å². The zero-order chi connectivity index (χ0) is 39.9. The van der Waals surface area contributed by atoms with Crippen LogP contribution in [-0.4, -0.2) is 132 Å². The Balaban J connectivity index is 1.14. The number of Topliss-reactive ketones (excluding diaryl/α,β-unsaturated/α-hetero) is 1. The molecule has 2 aliphatic heterocycles. The Morgan fingerprint density at radius 2 is 1.35 bits per heavy atom. The van der Waals surface area contributed by atoms with E-state index in [1.807, 2.05) is 0 Å². The van der Waals surface area contributed by atoms with E-state index < -0.39 is 101 Å². The average molecular weight is 769 g/mol. The van der Waals surface area contributed by atoms with Gasteiger partial charge in [-0.2, -0.15) is 0 Å². The lowest BCUT2D eigenvalue weighted by molar-refractivity contribution is -0.364. The Labute approximate surface area is 319 Å². The van der Waals surface area contributed by atoms with Crippen molar-refractivity contribution in [1.29, 1.82) is 0 Å². The van der Waals surface area contributed by atoms with Crippen LogP contribution in [-0.2, 0) is 23.7 Å². The quantitative estimate of drug-likeness (QED) is 0.187. The van der Waals surface area contributed by atoms with Gasteiger partial charge in [0, 0.05) is 23.7 Å². The maximum atomic E-state index is 14.9. The summed E-state index contributed by atoms with van der Waals surface area (Å²) in [6.45, 7) is 17.9. The number of ketones is 1. The molecule has 2 saturated heterocycles. The Morgan fingerprint density at radius 3 is 1.98 bits per heavy atom. The van der Waals surface area contributed by atoms with Crippen molar-refractivity contribution in [2.45, 2.75) is 186 Å². The van der Waals surface area contributed by atoms with E-state index >= 15 is 0 Å². The van der Waals surface area contributed by atoms with Gasteiger partial charge in [0.15, 0.2) is 12.6 Å². The van der Waals surface area contributed by atoms with Gasteiger partial charge in [0.25, 0.3) is 0 Å². The first-order chi connectivity index (χ1) is 24.8. The van der Waals surface area contributed by atoms with E-state index in [-0.39, 0.29) is 46.9 Å². The number of rotatable bonds is 5. The number of hydrogen-bond acceptors (Lipinski definition) is 13. The van der Waals surface area contributed by atoms with Crippen LogP contribution < -0.4 is 0 Å². The molecule has 310 valence electrons. The van der Waals surface area contributed by atoms with Gasteiger partial charge in [-0.1, -0.05) is 41.5 Å². The number of aliphatic hydroxyl groups excluding tert-OH is 7. The van der Waals surface area contributed by atoms with E-state index in [0.717, 1.165) is 12.8 Å². The van der Waals surface area contributed by atoms with E-state index in [9.17, 15) is 45.6 Å².